The van der Waals surface area contributed by atoms with E-state index in [0.29, 0.717) is 16.6 Å². The second-order valence-electron chi connectivity index (χ2n) is 3.24. The molecule has 0 unspecified atom stereocenters. The quantitative estimate of drug-likeness (QED) is 0.819. The molecule has 1 aromatic carbocycles. The van der Waals surface area contributed by atoms with Crippen molar-refractivity contribution in [2.45, 2.75) is 13.0 Å². The number of halogens is 2. The van der Waals surface area contributed by atoms with Crippen molar-refractivity contribution in [2.75, 3.05) is 0 Å². The van der Waals surface area contributed by atoms with Crippen LogP contribution in [0.25, 0.3) is 11.0 Å². The topological polar surface area (TPSA) is 44.5 Å². The third-order valence-electron chi connectivity index (χ3n) is 2.25. The zero-order valence-electron chi connectivity index (χ0n) is 8.08. The summed E-state index contributed by atoms with van der Waals surface area (Å²) in [6.07, 6.45) is -2.48. The zero-order chi connectivity index (χ0) is 11.7. The number of aromatic amines is 1. The predicted octanol–water partition coefficient (Wildman–Crippen LogP) is 2.84. The number of alkyl halides is 2. The molecule has 16 heavy (non-hydrogen) atoms. The summed E-state index contributed by atoms with van der Waals surface area (Å²) in [6.45, 7) is -0.465. The van der Waals surface area contributed by atoms with Crippen LogP contribution >= 0.6 is 12.2 Å². The molecule has 1 aromatic heterocycles. The van der Waals surface area contributed by atoms with Crippen LogP contribution in [0.15, 0.2) is 18.2 Å². The molecule has 0 fully saturated rings. The Labute approximate surface area is 94.9 Å². The van der Waals surface area contributed by atoms with E-state index in [9.17, 15) is 8.78 Å². The highest BCUT2D eigenvalue weighted by Crippen LogP contribution is 2.18. The average Bonchev–Trinajstić information content (AvgIpc) is 2.55. The molecule has 0 bridgehead atoms. The minimum absolute atomic E-state index is 0.206. The maximum Gasteiger partial charge on any atom is 0.256 e. The van der Waals surface area contributed by atoms with E-state index in [-0.39, 0.29) is 4.77 Å². The fourth-order valence-electron chi connectivity index (χ4n) is 1.59. The Morgan fingerprint density at radius 2 is 2.25 bits per heavy atom. The molecular weight excluding hydrogens is 232 g/mol. The van der Waals surface area contributed by atoms with Crippen molar-refractivity contribution in [3.63, 3.8) is 0 Å². The summed E-state index contributed by atoms with van der Waals surface area (Å²) in [5.74, 6) is 0. The normalized spacial score (nSPS) is 10.9. The van der Waals surface area contributed by atoms with Gasteiger partial charge in [-0.3, -0.25) is 0 Å². The highest BCUT2D eigenvalue weighted by Gasteiger charge is 2.11. The lowest BCUT2D eigenvalue weighted by molar-refractivity contribution is 0.127. The van der Waals surface area contributed by atoms with Crippen LogP contribution in [0.5, 0.6) is 0 Å². The Kier molecular flexibility index (Phi) is 2.71. The van der Waals surface area contributed by atoms with E-state index in [1.165, 1.54) is 4.57 Å². The van der Waals surface area contributed by atoms with Gasteiger partial charge in [0.2, 0.25) is 0 Å². The van der Waals surface area contributed by atoms with E-state index >= 15 is 0 Å². The van der Waals surface area contributed by atoms with E-state index < -0.39 is 13.0 Å². The van der Waals surface area contributed by atoms with E-state index in [2.05, 4.69) is 4.98 Å². The van der Waals surface area contributed by atoms with Gasteiger partial charge in [0.1, 0.15) is 6.07 Å². The summed E-state index contributed by atoms with van der Waals surface area (Å²) in [6, 6.07) is 6.90. The standard InChI is InChI=1S/C10H7F2N3S/c11-8(12)5-15-7-3-1-2-6(4-13)9(7)14-10(15)16/h1-3,8H,5H2,(H,14,16). The van der Waals surface area contributed by atoms with Crippen molar-refractivity contribution < 1.29 is 8.78 Å². The maximum absolute atomic E-state index is 12.3. The van der Waals surface area contributed by atoms with Crippen LogP contribution in [0.3, 0.4) is 0 Å². The summed E-state index contributed by atoms with van der Waals surface area (Å²) < 4.78 is 26.2. The SMILES string of the molecule is N#Cc1cccc2c1[nH]c(=S)n2CC(F)F. The number of nitrogens with one attached hydrogen (secondary N) is 1. The van der Waals surface area contributed by atoms with E-state index in [0.717, 1.165) is 0 Å². The van der Waals surface area contributed by atoms with Crippen LogP contribution in [0.4, 0.5) is 8.78 Å². The zero-order valence-corrected chi connectivity index (χ0v) is 8.89. The van der Waals surface area contributed by atoms with Gasteiger partial charge in [0, 0.05) is 0 Å². The van der Waals surface area contributed by atoms with Crippen molar-refractivity contribution in [1.29, 1.82) is 5.26 Å². The first-order chi connectivity index (χ1) is 7.63. The molecule has 1 heterocycles. The van der Waals surface area contributed by atoms with Crippen LogP contribution in [0.2, 0.25) is 0 Å². The molecule has 2 rings (SSSR count). The van der Waals surface area contributed by atoms with Gasteiger partial charge in [-0.1, -0.05) is 6.07 Å². The minimum atomic E-state index is -2.48. The van der Waals surface area contributed by atoms with Crippen LogP contribution in [0.1, 0.15) is 5.56 Å². The molecule has 3 nitrogen and oxygen atoms in total. The van der Waals surface area contributed by atoms with Gasteiger partial charge in [0.25, 0.3) is 6.43 Å². The monoisotopic (exact) mass is 239 g/mol. The number of benzene rings is 1. The molecule has 0 spiro atoms. The van der Waals surface area contributed by atoms with Gasteiger partial charge in [-0.2, -0.15) is 5.26 Å². The van der Waals surface area contributed by atoms with Crippen LogP contribution in [-0.4, -0.2) is 16.0 Å². The molecule has 1 N–H and O–H groups in total. The molecule has 0 aliphatic carbocycles. The highest BCUT2D eigenvalue weighted by atomic mass is 32.1. The molecule has 0 aliphatic heterocycles. The van der Waals surface area contributed by atoms with Crippen molar-refractivity contribution in [2.24, 2.45) is 0 Å². The van der Waals surface area contributed by atoms with Crippen LogP contribution in [-0.2, 0) is 6.54 Å². The lowest BCUT2D eigenvalue weighted by atomic mass is 10.2. The molecule has 0 saturated carbocycles. The number of aromatic nitrogens is 2. The first-order valence-electron chi connectivity index (χ1n) is 4.53. The van der Waals surface area contributed by atoms with Gasteiger partial charge in [-0.05, 0) is 24.4 Å². The molecular formula is C10H7F2N3S. The number of H-pyrrole nitrogens is 1. The fraction of sp³-hybridized carbons (Fsp3) is 0.200. The number of hydrogen-bond donors (Lipinski definition) is 1. The Balaban J connectivity index is 2.72. The van der Waals surface area contributed by atoms with Gasteiger partial charge in [-0.15, -0.1) is 0 Å². The fourth-order valence-corrected chi connectivity index (χ4v) is 1.87. The van der Waals surface area contributed by atoms with Crippen LogP contribution < -0.4 is 0 Å². The number of hydrogen-bond acceptors (Lipinski definition) is 2. The lowest BCUT2D eigenvalue weighted by Gasteiger charge is -2.02. The largest absolute Gasteiger partial charge is 0.329 e. The molecule has 0 atom stereocenters. The summed E-state index contributed by atoms with van der Waals surface area (Å²) >= 11 is 4.94. The van der Waals surface area contributed by atoms with E-state index in [1.807, 2.05) is 6.07 Å². The number of fused-ring (bicyclic) bond motifs is 1. The third kappa shape index (κ3) is 1.70. The second kappa shape index (κ2) is 4.02. The number of imidazole rings is 1. The van der Waals surface area contributed by atoms with Crippen LogP contribution in [0, 0.1) is 16.1 Å². The second-order valence-corrected chi connectivity index (χ2v) is 3.63. The van der Waals surface area contributed by atoms with Crippen molar-refractivity contribution in [3.05, 3.63) is 28.5 Å². The minimum Gasteiger partial charge on any atom is -0.329 e. The molecule has 0 aliphatic rings. The Hall–Kier alpha value is -1.74. The summed E-state index contributed by atoms with van der Waals surface area (Å²) in [4.78, 5) is 2.77. The summed E-state index contributed by atoms with van der Waals surface area (Å²) in [5.41, 5.74) is 1.44. The first kappa shape index (κ1) is 10.8. The molecule has 0 saturated heterocycles. The highest BCUT2D eigenvalue weighted by molar-refractivity contribution is 7.71. The lowest BCUT2D eigenvalue weighted by Crippen LogP contribution is -2.06. The van der Waals surface area contributed by atoms with E-state index in [1.54, 1.807) is 18.2 Å². The Morgan fingerprint density at radius 3 is 2.88 bits per heavy atom. The van der Waals surface area contributed by atoms with Gasteiger partial charge >= 0.3 is 0 Å². The smallest absolute Gasteiger partial charge is 0.256 e. The predicted molar refractivity (Wildman–Crippen MR) is 57.8 cm³/mol. The Bertz CT molecular complexity index is 621. The van der Waals surface area contributed by atoms with Crippen molar-refractivity contribution >= 4 is 23.3 Å². The van der Waals surface area contributed by atoms with Crippen molar-refractivity contribution in [3.8, 4) is 6.07 Å². The number of nitriles is 1. The molecule has 0 radical (unpaired) electrons. The van der Waals surface area contributed by atoms with Gasteiger partial charge in [0.05, 0.1) is 23.1 Å². The first-order valence-corrected chi connectivity index (χ1v) is 4.94. The maximum atomic E-state index is 12.3. The molecule has 6 heteroatoms. The van der Waals surface area contributed by atoms with E-state index in [4.69, 9.17) is 17.5 Å². The molecule has 2 aromatic rings. The summed E-state index contributed by atoms with van der Waals surface area (Å²) in [5, 5.41) is 8.86. The molecule has 82 valence electrons. The average molecular weight is 239 g/mol. The molecule has 0 amide bonds. The number of para-hydroxylation sites is 1. The summed E-state index contributed by atoms with van der Waals surface area (Å²) in [7, 11) is 0. The van der Waals surface area contributed by atoms with Gasteiger partial charge < -0.3 is 9.55 Å². The number of rotatable bonds is 2. The van der Waals surface area contributed by atoms with Gasteiger partial charge in [0.15, 0.2) is 4.77 Å². The third-order valence-corrected chi connectivity index (χ3v) is 2.57. The Morgan fingerprint density at radius 1 is 1.50 bits per heavy atom. The van der Waals surface area contributed by atoms with Gasteiger partial charge in [-0.25, -0.2) is 8.78 Å². The number of nitrogens with zero attached hydrogens (tertiary/aromatic N) is 2. The van der Waals surface area contributed by atoms with Crippen molar-refractivity contribution in [1.82, 2.24) is 9.55 Å².